The molecule has 0 N–H and O–H groups in total. The molecule has 2 heterocycles. The maximum absolute atomic E-state index is 14.2. The molecular formula is C22H21BrClFN2O3. The first-order chi connectivity index (χ1) is 14.2. The molecule has 1 atom stereocenters. The zero-order valence-electron chi connectivity index (χ0n) is 16.8. The van der Waals surface area contributed by atoms with Gasteiger partial charge in [-0.05, 0) is 51.8 Å². The van der Waals surface area contributed by atoms with Gasteiger partial charge in [0.05, 0.1) is 47.4 Å². The number of fused-ring (bicyclic) bond motifs is 1. The Bertz CT molecular complexity index is 1150. The van der Waals surface area contributed by atoms with Gasteiger partial charge < -0.3 is 14.0 Å². The Kier molecular flexibility index (Phi) is 5.64. The van der Waals surface area contributed by atoms with E-state index in [-0.39, 0.29) is 17.3 Å². The SMILES string of the molecule is COC(=O)c1ccc2nc(Cc3cc(F)c(Br)cc3Cl)n([C@@H]3COCC3(C)C)c2c1. The van der Waals surface area contributed by atoms with Crippen molar-refractivity contribution >= 4 is 44.5 Å². The smallest absolute Gasteiger partial charge is 0.337 e. The van der Waals surface area contributed by atoms with Crippen molar-refractivity contribution in [2.75, 3.05) is 20.3 Å². The van der Waals surface area contributed by atoms with Gasteiger partial charge in [0.1, 0.15) is 11.6 Å². The summed E-state index contributed by atoms with van der Waals surface area (Å²) in [6.45, 7) is 5.41. The van der Waals surface area contributed by atoms with Gasteiger partial charge in [0.2, 0.25) is 0 Å². The number of hydrogen-bond donors (Lipinski definition) is 0. The lowest BCUT2D eigenvalue weighted by atomic mass is 9.87. The Morgan fingerprint density at radius 3 is 2.83 bits per heavy atom. The van der Waals surface area contributed by atoms with E-state index in [0.717, 1.165) is 16.9 Å². The molecule has 0 bridgehead atoms. The second-order valence-electron chi connectivity index (χ2n) is 8.15. The van der Waals surface area contributed by atoms with Crippen LogP contribution in [-0.2, 0) is 15.9 Å². The molecule has 1 saturated heterocycles. The van der Waals surface area contributed by atoms with Crippen molar-refractivity contribution in [2.45, 2.75) is 26.3 Å². The summed E-state index contributed by atoms with van der Waals surface area (Å²) in [6, 6.07) is 8.26. The standard InChI is InChI=1S/C22H21BrClFN2O3/c1-22(2)11-30-10-19(22)27-18-7-12(21(28)29-3)4-5-17(18)26-20(27)8-13-6-16(25)14(23)9-15(13)24/h4-7,9,19H,8,10-11H2,1-3H3/t19-/m1/s1. The van der Waals surface area contributed by atoms with Crippen LogP contribution in [0, 0.1) is 11.2 Å². The van der Waals surface area contributed by atoms with E-state index in [1.165, 1.54) is 13.2 Å². The maximum atomic E-state index is 14.2. The van der Waals surface area contributed by atoms with E-state index in [2.05, 4.69) is 34.3 Å². The Hall–Kier alpha value is -1.96. The highest BCUT2D eigenvalue weighted by molar-refractivity contribution is 9.10. The van der Waals surface area contributed by atoms with E-state index < -0.39 is 5.97 Å². The fourth-order valence-electron chi connectivity index (χ4n) is 3.91. The fraction of sp³-hybridized carbons (Fsp3) is 0.364. The van der Waals surface area contributed by atoms with Gasteiger partial charge in [0.25, 0.3) is 0 Å². The van der Waals surface area contributed by atoms with Crippen LogP contribution >= 0.6 is 27.5 Å². The molecule has 5 nitrogen and oxygen atoms in total. The number of halogens is 3. The summed E-state index contributed by atoms with van der Waals surface area (Å²) < 4.78 is 27.2. The summed E-state index contributed by atoms with van der Waals surface area (Å²) in [6.07, 6.45) is 0.345. The molecule has 0 unspecified atom stereocenters. The highest BCUT2D eigenvalue weighted by Crippen LogP contribution is 2.40. The van der Waals surface area contributed by atoms with E-state index in [0.29, 0.717) is 40.3 Å². The molecule has 1 aromatic heterocycles. The average Bonchev–Trinajstić information content (AvgIpc) is 3.22. The molecule has 0 amide bonds. The molecule has 158 valence electrons. The quantitative estimate of drug-likeness (QED) is 0.351. The van der Waals surface area contributed by atoms with Gasteiger partial charge in [0, 0.05) is 16.9 Å². The predicted molar refractivity (Wildman–Crippen MR) is 117 cm³/mol. The minimum Gasteiger partial charge on any atom is -0.465 e. The first kappa shape index (κ1) is 21.3. The van der Waals surface area contributed by atoms with Crippen LogP contribution in [0.1, 0.15) is 41.6 Å². The Labute approximate surface area is 187 Å². The third kappa shape index (κ3) is 3.74. The molecule has 0 aliphatic carbocycles. The van der Waals surface area contributed by atoms with Gasteiger partial charge in [-0.3, -0.25) is 0 Å². The minimum absolute atomic E-state index is 0.00414. The van der Waals surface area contributed by atoms with Crippen molar-refractivity contribution in [1.29, 1.82) is 0 Å². The summed E-state index contributed by atoms with van der Waals surface area (Å²) in [7, 11) is 1.35. The highest BCUT2D eigenvalue weighted by Gasteiger charge is 2.39. The first-order valence-corrected chi connectivity index (χ1v) is 10.7. The Morgan fingerprint density at radius 2 is 2.17 bits per heavy atom. The molecule has 0 radical (unpaired) electrons. The number of nitrogens with zero attached hydrogens (tertiary/aromatic N) is 2. The second-order valence-corrected chi connectivity index (χ2v) is 9.41. The normalized spacial score (nSPS) is 18.1. The summed E-state index contributed by atoms with van der Waals surface area (Å²) in [4.78, 5) is 16.9. The van der Waals surface area contributed by atoms with Crippen LogP contribution in [-0.4, -0.2) is 35.8 Å². The summed E-state index contributed by atoms with van der Waals surface area (Å²) in [5.41, 5.74) is 2.50. The zero-order chi connectivity index (χ0) is 21.6. The highest BCUT2D eigenvalue weighted by atomic mass is 79.9. The third-order valence-electron chi connectivity index (χ3n) is 5.59. The molecule has 2 aromatic carbocycles. The lowest BCUT2D eigenvalue weighted by Crippen LogP contribution is -2.27. The Balaban J connectivity index is 1.89. The minimum atomic E-state index is -0.411. The molecule has 3 aromatic rings. The van der Waals surface area contributed by atoms with Gasteiger partial charge in [-0.15, -0.1) is 0 Å². The van der Waals surface area contributed by atoms with Crippen molar-refractivity contribution in [3.05, 3.63) is 62.6 Å². The molecule has 30 heavy (non-hydrogen) atoms. The van der Waals surface area contributed by atoms with E-state index in [4.69, 9.17) is 26.1 Å². The third-order valence-corrected chi connectivity index (χ3v) is 6.54. The predicted octanol–water partition coefficient (Wildman–Crippen LogP) is 5.57. The molecule has 8 heteroatoms. The fourth-order valence-corrected chi connectivity index (χ4v) is 4.61. The zero-order valence-corrected chi connectivity index (χ0v) is 19.2. The van der Waals surface area contributed by atoms with Crippen LogP contribution in [0.25, 0.3) is 11.0 Å². The van der Waals surface area contributed by atoms with Crippen molar-refractivity contribution in [3.8, 4) is 0 Å². The molecule has 1 fully saturated rings. The van der Waals surface area contributed by atoms with Crippen LogP contribution in [0.4, 0.5) is 4.39 Å². The molecule has 0 saturated carbocycles. The lowest BCUT2D eigenvalue weighted by Gasteiger charge is -2.28. The molecular weight excluding hydrogens is 475 g/mol. The number of aromatic nitrogens is 2. The van der Waals surface area contributed by atoms with Gasteiger partial charge in [0.15, 0.2) is 0 Å². The number of carbonyl (C=O) groups excluding carboxylic acids is 1. The average molecular weight is 496 g/mol. The molecule has 1 aliphatic heterocycles. The van der Waals surface area contributed by atoms with Gasteiger partial charge in [-0.1, -0.05) is 25.4 Å². The first-order valence-electron chi connectivity index (χ1n) is 9.51. The van der Waals surface area contributed by atoms with Crippen LogP contribution in [0.15, 0.2) is 34.8 Å². The van der Waals surface area contributed by atoms with Gasteiger partial charge in [-0.25, -0.2) is 14.2 Å². The van der Waals surface area contributed by atoms with Crippen molar-refractivity contribution < 1.29 is 18.7 Å². The second kappa shape index (κ2) is 7.94. The van der Waals surface area contributed by atoms with Crippen LogP contribution < -0.4 is 0 Å². The van der Waals surface area contributed by atoms with Crippen LogP contribution in [0.2, 0.25) is 5.02 Å². The summed E-state index contributed by atoms with van der Waals surface area (Å²) >= 11 is 9.55. The lowest BCUT2D eigenvalue weighted by molar-refractivity contribution is 0.0601. The maximum Gasteiger partial charge on any atom is 0.337 e. The monoisotopic (exact) mass is 494 g/mol. The number of carbonyl (C=O) groups is 1. The molecule has 1 aliphatic rings. The van der Waals surface area contributed by atoms with Crippen molar-refractivity contribution in [2.24, 2.45) is 5.41 Å². The number of rotatable bonds is 4. The molecule has 4 rings (SSSR count). The number of esters is 1. The van der Waals surface area contributed by atoms with E-state index in [1.54, 1.807) is 24.3 Å². The topological polar surface area (TPSA) is 53.3 Å². The number of imidazole rings is 1. The number of methoxy groups -OCH3 is 1. The van der Waals surface area contributed by atoms with E-state index >= 15 is 0 Å². The number of ether oxygens (including phenoxy) is 2. The van der Waals surface area contributed by atoms with E-state index in [1.807, 2.05) is 0 Å². The largest absolute Gasteiger partial charge is 0.465 e. The Morgan fingerprint density at radius 1 is 1.40 bits per heavy atom. The van der Waals surface area contributed by atoms with Crippen molar-refractivity contribution in [1.82, 2.24) is 9.55 Å². The van der Waals surface area contributed by atoms with Crippen LogP contribution in [0.3, 0.4) is 0 Å². The van der Waals surface area contributed by atoms with Gasteiger partial charge in [-0.2, -0.15) is 0 Å². The van der Waals surface area contributed by atoms with E-state index in [9.17, 15) is 9.18 Å². The van der Waals surface area contributed by atoms with Crippen LogP contribution in [0.5, 0.6) is 0 Å². The number of benzene rings is 2. The summed E-state index contributed by atoms with van der Waals surface area (Å²) in [5, 5.41) is 0.457. The molecule has 0 spiro atoms. The van der Waals surface area contributed by atoms with Gasteiger partial charge >= 0.3 is 5.97 Å². The number of hydrogen-bond acceptors (Lipinski definition) is 4. The summed E-state index contributed by atoms with van der Waals surface area (Å²) in [5.74, 6) is -0.0556. The van der Waals surface area contributed by atoms with Crippen molar-refractivity contribution in [3.63, 3.8) is 0 Å².